The average molecular weight is 326 g/mol. The van der Waals surface area contributed by atoms with E-state index >= 15 is 0 Å². The summed E-state index contributed by atoms with van der Waals surface area (Å²) in [6, 6.07) is 0. The fourth-order valence-corrected chi connectivity index (χ4v) is 2.41. The number of carboxylic acids is 1. The second-order valence-corrected chi connectivity index (χ2v) is 5.78. The Morgan fingerprint density at radius 2 is 1.24 bits per heavy atom. The third kappa shape index (κ3) is 23.5. The standard InChI is InChI=1S/C17H35NO2.K.H/c1-2-3-4-5-6-7-8-9-10-11-12-13-15-18-16-14-17(19)20;;/h18H,2-16H2,1H3,(H,19,20);;/q;+1;-1. The van der Waals surface area contributed by atoms with Gasteiger partial charge in [0.2, 0.25) is 0 Å². The molecule has 21 heavy (non-hydrogen) atoms. The predicted molar refractivity (Wildman–Crippen MR) is 87.3 cm³/mol. The Hall–Kier alpha value is 1.07. The van der Waals surface area contributed by atoms with Crippen molar-refractivity contribution in [2.24, 2.45) is 0 Å². The fourth-order valence-electron chi connectivity index (χ4n) is 2.41. The van der Waals surface area contributed by atoms with Crippen molar-refractivity contribution in [1.82, 2.24) is 5.32 Å². The van der Waals surface area contributed by atoms with E-state index in [0.717, 1.165) is 6.54 Å². The van der Waals surface area contributed by atoms with Gasteiger partial charge in [-0.3, -0.25) is 4.79 Å². The summed E-state index contributed by atoms with van der Waals surface area (Å²) < 4.78 is 0. The molecule has 0 aliphatic carbocycles. The smallest absolute Gasteiger partial charge is 1.00 e. The van der Waals surface area contributed by atoms with Gasteiger partial charge in [-0.25, -0.2) is 0 Å². The van der Waals surface area contributed by atoms with Crippen molar-refractivity contribution in [3.63, 3.8) is 0 Å². The normalized spacial score (nSPS) is 10.3. The maximum Gasteiger partial charge on any atom is 1.00 e. The SMILES string of the molecule is CCCCCCCCCCCCCCNCCC(=O)O.[H-].[K+]. The Bertz CT molecular complexity index is 219. The molecule has 0 saturated heterocycles. The zero-order valence-electron chi connectivity index (χ0n) is 15.5. The molecule has 0 unspecified atom stereocenters. The van der Waals surface area contributed by atoms with Crippen LogP contribution in [-0.2, 0) is 4.79 Å². The summed E-state index contributed by atoms with van der Waals surface area (Å²) in [5.41, 5.74) is 0. The number of nitrogens with one attached hydrogen (secondary N) is 1. The monoisotopic (exact) mass is 325 g/mol. The van der Waals surface area contributed by atoms with E-state index in [1.165, 1.54) is 77.0 Å². The van der Waals surface area contributed by atoms with Gasteiger partial charge in [0, 0.05) is 6.54 Å². The molecule has 0 atom stereocenters. The van der Waals surface area contributed by atoms with Gasteiger partial charge in [0.1, 0.15) is 0 Å². The minimum Gasteiger partial charge on any atom is -1.00 e. The first-order valence-electron chi connectivity index (χ1n) is 8.70. The van der Waals surface area contributed by atoms with Gasteiger partial charge in [0.05, 0.1) is 6.42 Å². The van der Waals surface area contributed by atoms with Crippen molar-refractivity contribution >= 4 is 5.97 Å². The molecule has 3 nitrogen and oxygen atoms in total. The summed E-state index contributed by atoms with van der Waals surface area (Å²) in [5.74, 6) is -0.716. The van der Waals surface area contributed by atoms with Crippen molar-refractivity contribution in [2.45, 2.75) is 90.4 Å². The molecular weight excluding hydrogens is 289 g/mol. The quantitative estimate of drug-likeness (QED) is 0.336. The molecule has 0 saturated carbocycles. The van der Waals surface area contributed by atoms with Crippen LogP contribution in [0.25, 0.3) is 0 Å². The topological polar surface area (TPSA) is 49.3 Å². The molecule has 0 fully saturated rings. The van der Waals surface area contributed by atoms with Crippen LogP contribution < -0.4 is 56.7 Å². The van der Waals surface area contributed by atoms with Crippen molar-refractivity contribution in [3.8, 4) is 0 Å². The van der Waals surface area contributed by atoms with Crippen LogP contribution in [0.2, 0.25) is 0 Å². The Kier molecular flexibility index (Phi) is 24.4. The Morgan fingerprint density at radius 1 is 0.810 bits per heavy atom. The van der Waals surface area contributed by atoms with E-state index in [-0.39, 0.29) is 59.2 Å². The molecule has 0 bridgehead atoms. The average Bonchev–Trinajstić information content (AvgIpc) is 2.43. The maximum atomic E-state index is 10.3. The molecule has 2 N–H and O–H groups in total. The van der Waals surface area contributed by atoms with Crippen LogP contribution in [0.4, 0.5) is 0 Å². The number of carbonyl (C=O) groups is 1. The largest absolute Gasteiger partial charge is 1.00 e. The summed E-state index contributed by atoms with van der Waals surface area (Å²) in [4.78, 5) is 10.3. The third-order valence-corrected chi connectivity index (χ3v) is 3.72. The van der Waals surface area contributed by atoms with E-state index < -0.39 is 5.97 Å². The zero-order valence-corrected chi connectivity index (χ0v) is 17.6. The summed E-state index contributed by atoms with van der Waals surface area (Å²) in [6.07, 6.45) is 16.6. The first kappa shape index (κ1) is 24.3. The molecule has 0 radical (unpaired) electrons. The molecule has 0 aliphatic rings. The predicted octanol–water partition coefficient (Wildman–Crippen LogP) is 1.87. The van der Waals surface area contributed by atoms with Crippen LogP contribution in [0.5, 0.6) is 0 Å². The molecule has 0 aromatic carbocycles. The van der Waals surface area contributed by atoms with Gasteiger partial charge in [-0.2, -0.15) is 0 Å². The molecule has 0 heterocycles. The number of aliphatic carboxylic acids is 1. The van der Waals surface area contributed by atoms with E-state index in [4.69, 9.17) is 5.11 Å². The van der Waals surface area contributed by atoms with Gasteiger partial charge in [0.25, 0.3) is 0 Å². The van der Waals surface area contributed by atoms with Crippen molar-refractivity contribution in [3.05, 3.63) is 0 Å². The van der Waals surface area contributed by atoms with Crippen LogP contribution in [0.3, 0.4) is 0 Å². The number of rotatable bonds is 16. The van der Waals surface area contributed by atoms with Crippen molar-refractivity contribution in [1.29, 1.82) is 0 Å². The van der Waals surface area contributed by atoms with Gasteiger partial charge < -0.3 is 11.8 Å². The second kappa shape index (κ2) is 21.1. The van der Waals surface area contributed by atoms with Gasteiger partial charge in [0.15, 0.2) is 0 Å². The summed E-state index contributed by atoms with van der Waals surface area (Å²) in [5, 5.41) is 11.6. The van der Waals surface area contributed by atoms with Crippen molar-refractivity contribution < 1.29 is 62.7 Å². The van der Waals surface area contributed by atoms with E-state index in [9.17, 15) is 4.79 Å². The minimum atomic E-state index is -0.716. The number of hydrogen-bond donors (Lipinski definition) is 2. The number of hydrogen-bond acceptors (Lipinski definition) is 2. The molecule has 0 aliphatic heterocycles. The second-order valence-electron chi connectivity index (χ2n) is 5.78. The summed E-state index contributed by atoms with van der Waals surface area (Å²) >= 11 is 0. The fraction of sp³-hybridized carbons (Fsp3) is 0.941. The Morgan fingerprint density at radius 3 is 1.67 bits per heavy atom. The maximum absolute atomic E-state index is 10.3. The van der Waals surface area contributed by atoms with E-state index in [2.05, 4.69) is 12.2 Å². The van der Waals surface area contributed by atoms with Crippen LogP contribution in [0.15, 0.2) is 0 Å². The molecule has 0 amide bonds. The van der Waals surface area contributed by atoms with Crippen LogP contribution in [-0.4, -0.2) is 24.2 Å². The van der Waals surface area contributed by atoms with E-state index in [1.807, 2.05) is 0 Å². The number of unbranched alkanes of at least 4 members (excludes halogenated alkanes) is 11. The Balaban J connectivity index is -0.00000180. The third-order valence-electron chi connectivity index (χ3n) is 3.72. The summed E-state index contributed by atoms with van der Waals surface area (Å²) in [6.45, 7) is 3.83. The molecule has 122 valence electrons. The van der Waals surface area contributed by atoms with E-state index in [1.54, 1.807) is 0 Å². The first-order chi connectivity index (χ1) is 9.77. The van der Waals surface area contributed by atoms with Gasteiger partial charge in [-0.05, 0) is 13.0 Å². The molecule has 0 spiro atoms. The van der Waals surface area contributed by atoms with Gasteiger partial charge in [-0.1, -0.05) is 77.6 Å². The number of carboxylic acid groups (broad SMARTS) is 1. The van der Waals surface area contributed by atoms with Gasteiger partial charge >= 0.3 is 57.4 Å². The van der Waals surface area contributed by atoms with Crippen molar-refractivity contribution in [2.75, 3.05) is 13.1 Å². The Labute approximate surface area is 175 Å². The van der Waals surface area contributed by atoms with Crippen LogP contribution in [0.1, 0.15) is 91.8 Å². The van der Waals surface area contributed by atoms with Gasteiger partial charge in [-0.15, -0.1) is 0 Å². The first-order valence-corrected chi connectivity index (χ1v) is 8.70. The zero-order chi connectivity index (χ0) is 14.9. The molecule has 0 aromatic heterocycles. The van der Waals surface area contributed by atoms with E-state index in [0.29, 0.717) is 6.54 Å². The van der Waals surface area contributed by atoms with Crippen LogP contribution >= 0.6 is 0 Å². The summed E-state index contributed by atoms with van der Waals surface area (Å²) in [7, 11) is 0. The molecule has 0 aromatic rings. The minimum absolute atomic E-state index is 0. The molecule has 4 heteroatoms. The molecule has 0 rings (SSSR count). The van der Waals surface area contributed by atoms with Crippen LogP contribution in [0, 0.1) is 0 Å². The molecular formula is C17H36KNO2.